The molecule has 1 aromatic rings. The van der Waals surface area contributed by atoms with E-state index in [9.17, 15) is 0 Å². The van der Waals surface area contributed by atoms with Crippen molar-refractivity contribution in [2.45, 2.75) is 25.8 Å². The van der Waals surface area contributed by atoms with Crippen molar-refractivity contribution in [2.75, 3.05) is 25.0 Å². The number of piperidine rings is 1. The number of halogens is 1. The molecular formula is C11H17ClN4. The molecule has 1 N–H and O–H groups in total. The summed E-state index contributed by atoms with van der Waals surface area (Å²) < 4.78 is 0. The molecule has 4 nitrogen and oxygen atoms in total. The van der Waals surface area contributed by atoms with Crippen LogP contribution in [0, 0.1) is 6.92 Å². The maximum atomic E-state index is 5.87. The summed E-state index contributed by atoms with van der Waals surface area (Å²) in [5.74, 6) is 0.909. The summed E-state index contributed by atoms with van der Waals surface area (Å²) >= 11 is 5.87. The van der Waals surface area contributed by atoms with Crippen molar-refractivity contribution in [3.8, 4) is 0 Å². The normalized spacial score (nSPS) is 20.8. The lowest BCUT2D eigenvalue weighted by Crippen LogP contribution is -2.44. The molecule has 1 aliphatic rings. The number of likely N-dealkylation sites (N-methyl/N-ethyl adjacent to an activating group) is 1. The van der Waals surface area contributed by atoms with Crippen molar-refractivity contribution in [2.24, 2.45) is 0 Å². The van der Waals surface area contributed by atoms with E-state index >= 15 is 0 Å². The van der Waals surface area contributed by atoms with Crippen LogP contribution in [0.5, 0.6) is 0 Å². The van der Waals surface area contributed by atoms with E-state index in [-0.39, 0.29) is 0 Å². The highest BCUT2D eigenvalue weighted by atomic mass is 35.5. The van der Waals surface area contributed by atoms with Gasteiger partial charge in [-0.05, 0) is 37.9 Å². The molecule has 2 heterocycles. The number of hydrogen-bond donors (Lipinski definition) is 1. The summed E-state index contributed by atoms with van der Waals surface area (Å²) in [6.07, 6.45) is 2.41. The van der Waals surface area contributed by atoms with Gasteiger partial charge in [-0.3, -0.25) is 0 Å². The second kappa shape index (κ2) is 4.97. The molecular weight excluding hydrogens is 224 g/mol. The molecule has 88 valence electrons. The molecule has 16 heavy (non-hydrogen) atoms. The molecule has 0 spiro atoms. The highest BCUT2D eigenvalue weighted by Crippen LogP contribution is 2.18. The maximum Gasteiger partial charge on any atom is 0.224 e. The molecule has 1 aliphatic heterocycles. The van der Waals surface area contributed by atoms with E-state index in [1.54, 1.807) is 0 Å². The van der Waals surface area contributed by atoms with Crippen molar-refractivity contribution in [3.05, 3.63) is 17.0 Å². The van der Waals surface area contributed by atoms with E-state index in [1.165, 1.54) is 12.8 Å². The molecule has 1 saturated heterocycles. The monoisotopic (exact) mass is 240 g/mol. The van der Waals surface area contributed by atoms with Gasteiger partial charge in [0.1, 0.15) is 5.82 Å². The zero-order valence-electron chi connectivity index (χ0n) is 9.70. The van der Waals surface area contributed by atoms with Gasteiger partial charge in [0.2, 0.25) is 5.28 Å². The first kappa shape index (κ1) is 11.6. The van der Waals surface area contributed by atoms with Crippen LogP contribution < -0.4 is 10.2 Å². The zero-order valence-corrected chi connectivity index (χ0v) is 10.5. The van der Waals surface area contributed by atoms with Gasteiger partial charge in [-0.2, -0.15) is 0 Å². The van der Waals surface area contributed by atoms with Gasteiger partial charge in [0.25, 0.3) is 0 Å². The van der Waals surface area contributed by atoms with Crippen LogP contribution in [0.15, 0.2) is 6.07 Å². The number of aryl methyl sites for hydroxylation is 1. The third-order valence-electron chi connectivity index (χ3n) is 2.99. The Bertz CT molecular complexity index is 343. The second-order valence-corrected chi connectivity index (χ2v) is 4.59. The van der Waals surface area contributed by atoms with Crippen LogP contribution in [0.3, 0.4) is 0 Å². The first-order valence-corrected chi connectivity index (χ1v) is 5.99. The van der Waals surface area contributed by atoms with E-state index in [0.717, 1.165) is 24.6 Å². The molecule has 0 bridgehead atoms. The lowest BCUT2D eigenvalue weighted by atomic mass is 10.1. The van der Waals surface area contributed by atoms with Crippen LogP contribution in [-0.4, -0.2) is 36.1 Å². The summed E-state index contributed by atoms with van der Waals surface area (Å²) in [5.41, 5.74) is 0.908. The predicted octanol–water partition coefficient (Wildman–Crippen LogP) is 1.63. The fraction of sp³-hybridized carbons (Fsp3) is 0.636. The number of hydrogen-bond acceptors (Lipinski definition) is 4. The SMILES string of the molecule is Cc1cc(N(C)C2CCCNC2)nc(Cl)n1. The lowest BCUT2D eigenvalue weighted by Gasteiger charge is -2.32. The van der Waals surface area contributed by atoms with E-state index < -0.39 is 0 Å². The summed E-state index contributed by atoms with van der Waals surface area (Å²) in [7, 11) is 2.07. The van der Waals surface area contributed by atoms with Crippen LogP contribution in [-0.2, 0) is 0 Å². The minimum Gasteiger partial charge on any atom is -0.355 e. The fourth-order valence-corrected chi connectivity index (χ4v) is 2.27. The first-order valence-electron chi connectivity index (χ1n) is 5.61. The molecule has 0 saturated carbocycles. The number of rotatable bonds is 2. The van der Waals surface area contributed by atoms with Crippen molar-refractivity contribution < 1.29 is 0 Å². The molecule has 0 aliphatic carbocycles. The van der Waals surface area contributed by atoms with Gasteiger partial charge in [0, 0.05) is 31.4 Å². The average molecular weight is 241 g/mol. The third kappa shape index (κ3) is 2.62. The first-order chi connectivity index (χ1) is 7.66. The lowest BCUT2D eigenvalue weighted by molar-refractivity contribution is 0.443. The molecule has 1 fully saturated rings. The van der Waals surface area contributed by atoms with Gasteiger partial charge >= 0.3 is 0 Å². The molecule has 0 radical (unpaired) electrons. The Kier molecular flexibility index (Phi) is 3.61. The number of nitrogens with one attached hydrogen (secondary N) is 1. The molecule has 0 aromatic carbocycles. The summed E-state index contributed by atoms with van der Waals surface area (Å²) in [6.45, 7) is 4.06. The number of anilines is 1. The van der Waals surface area contributed by atoms with Gasteiger partial charge in [-0.15, -0.1) is 0 Å². The minimum atomic E-state index is 0.325. The second-order valence-electron chi connectivity index (χ2n) is 4.25. The molecule has 2 rings (SSSR count). The average Bonchev–Trinajstić information content (AvgIpc) is 2.28. The number of aromatic nitrogens is 2. The van der Waals surface area contributed by atoms with Crippen molar-refractivity contribution in [3.63, 3.8) is 0 Å². The Morgan fingerprint density at radius 3 is 2.94 bits per heavy atom. The van der Waals surface area contributed by atoms with Crippen molar-refractivity contribution in [1.29, 1.82) is 0 Å². The molecule has 5 heteroatoms. The Labute approximate surface area is 101 Å². The highest BCUT2D eigenvalue weighted by molar-refractivity contribution is 6.28. The topological polar surface area (TPSA) is 41.0 Å². The maximum absolute atomic E-state index is 5.87. The van der Waals surface area contributed by atoms with E-state index in [0.29, 0.717) is 11.3 Å². The quantitative estimate of drug-likeness (QED) is 0.798. The van der Waals surface area contributed by atoms with Crippen LogP contribution in [0.1, 0.15) is 18.5 Å². The van der Waals surface area contributed by atoms with Crippen LogP contribution in [0.25, 0.3) is 0 Å². The smallest absolute Gasteiger partial charge is 0.224 e. The standard InChI is InChI=1S/C11H17ClN4/c1-8-6-10(15-11(12)14-8)16(2)9-4-3-5-13-7-9/h6,9,13H,3-5,7H2,1-2H3. The Hall–Kier alpha value is -0.870. The number of nitrogens with zero attached hydrogens (tertiary/aromatic N) is 3. The van der Waals surface area contributed by atoms with Gasteiger partial charge in [0.05, 0.1) is 0 Å². The predicted molar refractivity (Wildman–Crippen MR) is 66.1 cm³/mol. The van der Waals surface area contributed by atoms with Gasteiger partial charge < -0.3 is 10.2 Å². The van der Waals surface area contributed by atoms with Crippen LogP contribution in [0.2, 0.25) is 5.28 Å². The minimum absolute atomic E-state index is 0.325. The fourth-order valence-electron chi connectivity index (χ4n) is 2.05. The van der Waals surface area contributed by atoms with Crippen LogP contribution >= 0.6 is 11.6 Å². The van der Waals surface area contributed by atoms with Crippen LogP contribution in [0.4, 0.5) is 5.82 Å². The Morgan fingerprint density at radius 2 is 2.31 bits per heavy atom. The third-order valence-corrected chi connectivity index (χ3v) is 3.16. The van der Waals surface area contributed by atoms with E-state index in [2.05, 4.69) is 27.2 Å². The molecule has 1 unspecified atom stereocenters. The zero-order chi connectivity index (χ0) is 11.5. The van der Waals surface area contributed by atoms with E-state index in [1.807, 2.05) is 13.0 Å². The van der Waals surface area contributed by atoms with Gasteiger partial charge in [0.15, 0.2) is 0 Å². The van der Waals surface area contributed by atoms with Crippen molar-refractivity contribution in [1.82, 2.24) is 15.3 Å². The largest absolute Gasteiger partial charge is 0.355 e. The Balaban J connectivity index is 2.15. The van der Waals surface area contributed by atoms with E-state index in [4.69, 9.17) is 11.6 Å². The highest BCUT2D eigenvalue weighted by Gasteiger charge is 2.19. The van der Waals surface area contributed by atoms with Gasteiger partial charge in [-0.25, -0.2) is 9.97 Å². The summed E-state index contributed by atoms with van der Waals surface area (Å²) in [4.78, 5) is 10.5. The Morgan fingerprint density at radius 1 is 1.50 bits per heavy atom. The van der Waals surface area contributed by atoms with Crippen molar-refractivity contribution >= 4 is 17.4 Å². The molecule has 0 amide bonds. The summed E-state index contributed by atoms with van der Waals surface area (Å²) in [5, 5.41) is 3.72. The molecule has 1 atom stereocenters. The molecule has 1 aromatic heterocycles. The summed E-state index contributed by atoms with van der Waals surface area (Å²) in [6, 6.07) is 2.47. The van der Waals surface area contributed by atoms with Gasteiger partial charge in [-0.1, -0.05) is 0 Å².